The van der Waals surface area contributed by atoms with E-state index in [1.165, 1.54) is 12.8 Å². The molecule has 0 saturated heterocycles. The predicted molar refractivity (Wildman–Crippen MR) is 91.0 cm³/mol. The van der Waals surface area contributed by atoms with E-state index in [1.807, 2.05) is 20.8 Å². The molecule has 0 spiro atoms. The van der Waals surface area contributed by atoms with Crippen LogP contribution in [0.4, 0.5) is 0 Å². The van der Waals surface area contributed by atoms with Crippen molar-refractivity contribution in [3.05, 3.63) is 0 Å². The lowest BCUT2D eigenvalue weighted by Gasteiger charge is -2.35. The lowest BCUT2D eigenvalue weighted by atomic mass is 9.86. The van der Waals surface area contributed by atoms with Gasteiger partial charge in [0.2, 0.25) is 5.91 Å². The van der Waals surface area contributed by atoms with E-state index < -0.39 is 0 Å². The van der Waals surface area contributed by atoms with Gasteiger partial charge in [-0.15, -0.1) is 0 Å². The fourth-order valence-electron chi connectivity index (χ4n) is 2.59. The largest absolute Gasteiger partial charge is 0.358 e. The molecular formula is C15H30N4OS. The molecule has 0 unspecified atom stereocenters. The first kappa shape index (κ1) is 18.2. The number of carbonyl (C=O) groups is 1. The van der Waals surface area contributed by atoms with Gasteiger partial charge in [0, 0.05) is 26.2 Å². The lowest BCUT2D eigenvalue weighted by Crippen LogP contribution is -2.58. The molecule has 21 heavy (non-hydrogen) atoms. The molecule has 6 heteroatoms. The molecule has 1 aliphatic rings. The van der Waals surface area contributed by atoms with Gasteiger partial charge in [0.05, 0.1) is 0 Å². The highest BCUT2D eigenvalue weighted by Crippen LogP contribution is 2.21. The smallest absolute Gasteiger partial charge is 0.245 e. The van der Waals surface area contributed by atoms with E-state index in [2.05, 4.69) is 10.6 Å². The van der Waals surface area contributed by atoms with Crippen molar-refractivity contribution in [2.24, 2.45) is 11.1 Å². The molecule has 0 heterocycles. The molecule has 1 rings (SSSR count). The fraction of sp³-hybridized carbons (Fsp3) is 0.867. The summed E-state index contributed by atoms with van der Waals surface area (Å²) in [5.74, 6) is 0.0274. The Labute approximate surface area is 134 Å². The van der Waals surface area contributed by atoms with Crippen molar-refractivity contribution in [1.29, 1.82) is 0 Å². The van der Waals surface area contributed by atoms with Crippen LogP contribution in [0.3, 0.4) is 0 Å². The minimum atomic E-state index is -0.354. The van der Waals surface area contributed by atoms with E-state index in [-0.39, 0.29) is 29.4 Å². The van der Waals surface area contributed by atoms with Crippen molar-refractivity contribution in [2.75, 3.05) is 14.1 Å². The molecule has 0 aliphatic heterocycles. The number of hydrogen-bond donors (Lipinski definition) is 3. The molecule has 0 aromatic heterocycles. The van der Waals surface area contributed by atoms with Crippen molar-refractivity contribution in [2.45, 2.75) is 64.6 Å². The Morgan fingerprint density at radius 3 is 2.33 bits per heavy atom. The summed E-state index contributed by atoms with van der Waals surface area (Å²) in [4.78, 5) is 13.9. The number of nitrogens with one attached hydrogen (secondary N) is 2. The van der Waals surface area contributed by atoms with Crippen LogP contribution in [0.1, 0.15) is 46.5 Å². The molecular weight excluding hydrogens is 284 g/mol. The van der Waals surface area contributed by atoms with Crippen LogP contribution in [-0.2, 0) is 4.79 Å². The van der Waals surface area contributed by atoms with Gasteiger partial charge in [0.25, 0.3) is 0 Å². The van der Waals surface area contributed by atoms with Crippen molar-refractivity contribution in [1.82, 2.24) is 15.5 Å². The molecule has 1 fully saturated rings. The van der Waals surface area contributed by atoms with Crippen LogP contribution < -0.4 is 16.4 Å². The van der Waals surface area contributed by atoms with Crippen LogP contribution in [-0.4, -0.2) is 48.1 Å². The summed E-state index contributed by atoms with van der Waals surface area (Å²) < 4.78 is 0. The second-order valence-electron chi connectivity index (χ2n) is 7.20. The minimum absolute atomic E-state index is 0.0274. The van der Waals surface area contributed by atoms with E-state index in [4.69, 9.17) is 18.0 Å². The Morgan fingerprint density at radius 2 is 1.86 bits per heavy atom. The zero-order chi connectivity index (χ0) is 16.2. The summed E-state index contributed by atoms with van der Waals surface area (Å²) in [6.45, 7) is 6.09. The molecule has 0 aromatic carbocycles. The van der Waals surface area contributed by atoms with Crippen molar-refractivity contribution >= 4 is 23.2 Å². The number of thiocarbonyl (C=S) groups is 1. The van der Waals surface area contributed by atoms with Gasteiger partial charge in [-0.2, -0.15) is 0 Å². The zero-order valence-electron chi connectivity index (χ0n) is 13.9. The second-order valence-corrected chi connectivity index (χ2v) is 7.61. The van der Waals surface area contributed by atoms with Crippen molar-refractivity contribution in [3.8, 4) is 0 Å². The fourth-order valence-corrected chi connectivity index (χ4v) is 2.86. The maximum atomic E-state index is 12.3. The predicted octanol–water partition coefficient (Wildman–Crippen LogP) is 1.22. The molecule has 4 N–H and O–H groups in total. The summed E-state index contributed by atoms with van der Waals surface area (Å²) in [5.41, 5.74) is 5.91. The highest BCUT2D eigenvalue weighted by molar-refractivity contribution is 7.80. The Bertz CT molecular complexity index is 378. The Balaban J connectivity index is 2.66. The number of rotatable bonds is 3. The Morgan fingerprint density at radius 1 is 1.29 bits per heavy atom. The average Bonchev–Trinajstić information content (AvgIpc) is 2.36. The Kier molecular flexibility index (Phi) is 6.41. The summed E-state index contributed by atoms with van der Waals surface area (Å²) in [6.07, 6.45) is 4.42. The lowest BCUT2D eigenvalue weighted by molar-refractivity contribution is -0.133. The molecule has 0 radical (unpaired) electrons. The third kappa shape index (κ3) is 5.43. The summed E-state index contributed by atoms with van der Waals surface area (Å²) in [7, 11) is 3.52. The van der Waals surface area contributed by atoms with E-state index in [0.29, 0.717) is 5.11 Å². The maximum Gasteiger partial charge on any atom is 0.245 e. The van der Waals surface area contributed by atoms with Gasteiger partial charge in [0.1, 0.15) is 6.04 Å². The molecule has 1 aliphatic carbocycles. The first-order valence-corrected chi connectivity index (χ1v) is 8.07. The first-order chi connectivity index (χ1) is 9.62. The van der Waals surface area contributed by atoms with Crippen LogP contribution >= 0.6 is 12.2 Å². The van der Waals surface area contributed by atoms with Gasteiger partial charge in [-0.05, 0) is 30.5 Å². The molecule has 1 saturated carbocycles. The molecule has 0 bridgehead atoms. The molecule has 3 atom stereocenters. The zero-order valence-corrected chi connectivity index (χ0v) is 14.7. The van der Waals surface area contributed by atoms with Gasteiger partial charge >= 0.3 is 0 Å². The van der Waals surface area contributed by atoms with Gasteiger partial charge < -0.3 is 21.3 Å². The number of amides is 1. The van der Waals surface area contributed by atoms with E-state index in [1.54, 1.807) is 19.0 Å². The van der Waals surface area contributed by atoms with Crippen molar-refractivity contribution < 1.29 is 4.79 Å². The monoisotopic (exact) mass is 314 g/mol. The number of hydrogen-bond acceptors (Lipinski definition) is 3. The number of nitrogens with two attached hydrogens (primary N) is 1. The summed E-state index contributed by atoms with van der Waals surface area (Å²) in [6, 6.07) is -0.0164. The van der Waals surface area contributed by atoms with Crippen LogP contribution in [0.25, 0.3) is 0 Å². The normalized spacial score (nSPS) is 24.1. The molecule has 5 nitrogen and oxygen atoms in total. The maximum absolute atomic E-state index is 12.3. The van der Waals surface area contributed by atoms with E-state index in [9.17, 15) is 4.79 Å². The number of nitrogens with zero attached hydrogens (tertiary/aromatic N) is 1. The highest BCUT2D eigenvalue weighted by Gasteiger charge is 2.33. The van der Waals surface area contributed by atoms with Crippen LogP contribution in [0.5, 0.6) is 0 Å². The summed E-state index contributed by atoms with van der Waals surface area (Å²) in [5, 5.41) is 6.99. The van der Waals surface area contributed by atoms with Gasteiger partial charge in [0.15, 0.2) is 5.11 Å². The second kappa shape index (κ2) is 7.40. The third-order valence-corrected chi connectivity index (χ3v) is 4.20. The third-order valence-electron chi connectivity index (χ3n) is 3.97. The van der Waals surface area contributed by atoms with Gasteiger partial charge in [-0.25, -0.2) is 0 Å². The summed E-state index contributed by atoms with van der Waals surface area (Å²) >= 11 is 5.39. The van der Waals surface area contributed by atoms with Crippen LogP contribution in [0.15, 0.2) is 0 Å². The van der Waals surface area contributed by atoms with E-state index in [0.717, 1.165) is 12.8 Å². The quantitative estimate of drug-likeness (QED) is 0.683. The number of carbonyl (C=O) groups excluding carboxylic acids is 1. The molecule has 122 valence electrons. The minimum Gasteiger partial charge on any atom is -0.358 e. The van der Waals surface area contributed by atoms with Crippen molar-refractivity contribution in [3.63, 3.8) is 0 Å². The number of likely N-dealkylation sites (N-methyl/N-ethyl adjacent to an activating group) is 1. The van der Waals surface area contributed by atoms with Crippen LogP contribution in [0.2, 0.25) is 0 Å². The Hall–Kier alpha value is -0.880. The standard InChI is InChI=1S/C15H30N4OS/c1-15(2,3)12(13(20)19(4)5)18-14(21)17-11-9-7-6-8-10(11)16/h10-12H,6-9,16H2,1-5H3,(H2,17,18,21)/t10-,11-,12-/m1/s1. The van der Waals surface area contributed by atoms with Gasteiger partial charge in [-0.3, -0.25) is 4.79 Å². The van der Waals surface area contributed by atoms with Gasteiger partial charge in [-0.1, -0.05) is 33.6 Å². The topological polar surface area (TPSA) is 70.4 Å². The molecule has 1 amide bonds. The first-order valence-electron chi connectivity index (χ1n) is 7.66. The SMILES string of the molecule is CN(C)C(=O)[C@@H](NC(=S)N[C@@H]1CCCC[C@H]1N)C(C)(C)C. The van der Waals surface area contributed by atoms with E-state index >= 15 is 0 Å². The highest BCUT2D eigenvalue weighted by atomic mass is 32.1. The average molecular weight is 314 g/mol. The molecule has 0 aromatic rings. The van der Waals surface area contributed by atoms with Crippen LogP contribution in [0, 0.1) is 5.41 Å².